The largest absolute Gasteiger partial charge is 0.481 e. The summed E-state index contributed by atoms with van der Waals surface area (Å²) in [7, 11) is 0. The second kappa shape index (κ2) is 14.2. The molecule has 0 spiro atoms. The number of rotatable bonds is 15. The molecular formula is C17H29N5O9S. The van der Waals surface area contributed by atoms with E-state index < -0.39 is 72.3 Å². The van der Waals surface area contributed by atoms with Crippen molar-refractivity contribution in [1.82, 2.24) is 16.0 Å². The highest BCUT2D eigenvalue weighted by Crippen LogP contribution is 2.02. The fraction of sp³-hybridized carbons (Fsp3) is 0.647. The Morgan fingerprint density at radius 3 is 1.88 bits per heavy atom. The minimum absolute atomic E-state index is 0.0933. The fourth-order valence-electron chi connectivity index (χ4n) is 2.35. The highest BCUT2D eigenvalue weighted by molar-refractivity contribution is 7.80. The minimum Gasteiger partial charge on any atom is -0.481 e. The molecule has 32 heavy (non-hydrogen) atoms. The molecule has 0 rings (SSSR count). The van der Waals surface area contributed by atoms with Crippen LogP contribution in [0, 0.1) is 0 Å². The SMILES string of the molecule is CC(O)C(NC(=O)C(N)CCC(N)=O)C(=O)NC(CS)C(=O)NC(CCC(=O)O)C(=O)O. The number of aliphatic carboxylic acids is 2. The number of carbonyl (C=O) groups excluding carboxylic acids is 4. The number of hydrogen-bond donors (Lipinski definition) is 9. The van der Waals surface area contributed by atoms with Gasteiger partial charge < -0.3 is 42.7 Å². The lowest BCUT2D eigenvalue weighted by Gasteiger charge is -2.25. The molecule has 0 aromatic rings. The van der Waals surface area contributed by atoms with Gasteiger partial charge >= 0.3 is 11.9 Å². The zero-order valence-corrected chi connectivity index (χ0v) is 18.2. The summed E-state index contributed by atoms with van der Waals surface area (Å²) in [6, 6.07) is -5.60. The van der Waals surface area contributed by atoms with Crippen molar-refractivity contribution in [2.75, 3.05) is 5.75 Å². The molecule has 0 aromatic heterocycles. The highest BCUT2D eigenvalue weighted by Gasteiger charge is 2.32. The van der Waals surface area contributed by atoms with Gasteiger partial charge in [0, 0.05) is 18.6 Å². The minimum atomic E-state index is -1.53. The van der Waals surface area contributed by atoms with Gasteiger partial charge in [-0.15, -0.1) is 0 Å². The zero-order chi connectivity index (χ0) is 25.0. The number of carboxylic acid groups (broad SMARTS) is 2. The summed E-state index contributed by atoms with van der Waals surface area (Å²) < 4.78 is 0. The molecular weight excluding hydrogens is 450 g/mol. The molecule has 0 aliphatic rings. The molecule has 5 unspecified atom stereocenters. The predicted molar refractivity (Wildman–Crippen MR) is 112 cm³/mol. The number of amides is 4. The number of nitrogens with one attached hydrogen (secondary N) is 3. The van der Waals surface area contributed by atoms with Crippen molar-refractivity contribution in [2.24, 2.45) is 11.5 Å². The van der Waals surface area contributed by atoms with Gasteiger partial charge in [-0.2, -0.15) is 12.6 Å². The smallest absolute Gasteiger partial charge is 0.326 e. The van der Waals surface area contributed by atoms with E-state index in [1.165, 1.54) is 6.92 Å². The zero-order valence-electron chi connectivity index (χ0n) is 17.3. The van der Waals surface area contributed by atoms with Crippen molar-refractivity contribution in [3.8, 4) is 0 Å². The Kier molecular flexibility index (Phi) is 12.9. The molecule has 0 saturated carbocycles. The van der Waals surface area contributed by atoms with Gasteiger partial charge in [0.05, 0.1) is 12.1 Å². The molecule has 0 aliphatic carbocycles. The normalized spacial score (nSPS) is 15.4. The van der Waals surface area contributed by atoms with E-state index in [0.29, 0.717) is 0 Å². The van der Waals surface area contributed by atoms with Crippen LogP contribution in [0.15, 0.2) is 0 Å². The molecule has 10 N–H and O–H groups in total. The Morgan fingerprint density at radius 2 is 1.44 bits per heavy atom. The molecule has 0 fully saturated rings. The third-order valence-corrected chi connectivity index (χ3v) is 4.54. The Hall–Kier alpha value is -2.91. The van der Waals surface area contributed by atoms with Crippen molar-refractivity contribution in [3.05, 3.63) is 0 Å². The second-order valence-electron chi connectivity index (χ2n) is 6.91. The van der Waals surface area contributed by atoms with Crippen molar-refractivity contribution in [2.45, 2.75) is 62.9 Å². The molecule has 4 amide bonds. The molecule has 0 radical (unpaired) electrons. The van der Waals surface area contributed by atoms with Gasteiger partial charge in [0.25, 0.3) is 0 Å². The maximum absolute atomic E-state index is 12.5. The molecule has 14 nitrogen and oxygen atoms in total. The summed E-state index contributed by atoms with van der Waals surface area (Å²) in [4.78, 5) is 69.6. The van der Waals surface area contributed by atoms with E-state index in [9.17, 15) is 33.9 Å². The summed E-state index contributed by atoms with van der Waals surface area (Å²) in [6.45, 7) is 1.20. The van der Waals surface area contributed by atoms with Crippen LogP contribution in [-0.4, -0.2) is 86.9 Å². The number of primary amides is 1. The van der Waals surface area contributed by atoms with E-state index in [0.717, 1.165) is 0 Å². The molecule has 15 heteroatoms. The number of hydrogen-bond acceptors (Lipinski definition) is 9. The number of nitrogens with two attached hydrogens (primary N) is 2. The number of carbonyl (C=O) groups is 6. The summed E-state index contributed by atoms with van der Waals surface area (Å²) in [6.07, 6.45) is -2.58. The van der Waals surface area contributed by atoms with Gasteiger partial charge in [-0.1, -0.05) is 0 Å². The van der Waals surface area contributed by atoms with Crippen LogP contribution in [0.25, 0.3) is 0 Å². The molecule has 5 atom stereocenters. The van der Waals surface area contributed by atoms with E-state index in [1.54, 1.807) is 0 Å². The van der Waals surface area contributed by atoms with E-state index in [2.05, 4.69) is 28.6 Å². The lowest BCUT2D eigenvalue weighted by Crippen LogP contribution is -2.60. The lowest BCUT2D eigenvalue weighted by atomic mass is 10.1. The van der Waals surface area contributed by atoms with Crippen LogP contribution >= 0.6 is 12.6 Å². The summed E-state index contributed by atoms with van der Waals surface area (Å²) in [5, 5.41) is 34.2. The molecule has 0 heterocycles. The van der Waals surface area contributed by atoms with Gasteiger partial charge in [-0.05, 0) is 19.8 Å². The van der Waals surface area contributed by atoms with Crippen LogP contribution in [0.4, 0.5) is 0 Å². The Labute approximate surface area is 188 Å². The van der Waals surface area contributed by atoms with Crippen LogP contribution in [0.1, 0.15) is 32.6 Å². The number of thiol groups is 1. The molecule has 0 saturated heterocycles. The highest BCUT2D eigenvalue weighted by atomic mass is 32.1. The Bertz CT molecular complexity index is 719. The van der Waals surface area contributed by atoms with Gasteiger partial charge in [0.2, 0.25) is 23.6 Å². The van der Waals surface area contributed by atoms with Crippen LogP contribution in [0.3, 0.4) is 0 Å². The maximum Gasteiger partial charge on any atom is 0.326 e. The predicted octanol–water partition coefficient (Wildman–Crippen LogP) is -3.71. The quantitative estimate of drug-likeness (QED) is 0.104. The Balaban J connectivity index is 5.14. The first-order chi connectivity index (χ1) is 14.8. The number of carboxylic acids is 2. The van der Waals surface area contributed by atoms with Gasteiger partial charge in [0.1, 0.15) is 18.1 Å². The summed E-state index contributed by atoms with van der Waals surface area (Å²) in [5.41, 5.74) is 10.6. The first-order valence-electron chi connectivity index (χ1n) is 9.48. The first-order valence-corrected chi connectivity index (χ1v) is 10.1. The van der Waals surface area contributed by atoms with Crippen LogP contribution in [0.5, 0.6) is 0 Å². The fourth-order valence-corrected chi connectivity index (χ4v) is 2.60. The van der Waals surface area contributed by atoms with E-state index in [1.807, 2.05) is 0 Å². The lowest BCUT2D eigenvalue weighted by molar-refractivity contribution is -0.143. The van der Waals surface area contributed by atoms with E-state index in [4.69, 9.17) is 21.7 Å². The summed E-state index contributed by atoms with van der Waals surface area (Å²) >= 11 is 3.93. The second-order valence-corrected chi connectivity index (χ2v) is 7.28. The van der Waals surface area contributed by atoms with Crippen molar-refractivity contribution < 1.29 is 44.1 Å². The van der Waals surface area contributed by atoms with E-state index >= 15 is 0 Å². The average molecular weight is 480 g/mol. The average Bonchev–Trinajstić information content (AvgIpc) is 2.69. The molecule has 0 aliphatic heterocycles. The first kappa shape index (κ1) is 29.1. The standard InChI is InChI=1S/C17H29N5O9S/c1-7(23)13(22-14(27)8(18)2-4-11(19)24)16(29)21-10(6-32)15(28)20-9(17(30)31)3-5-12(25)26/h7-10,13,23,32H,2-6,18H2,1H3,(H2,19,24)(H,20,28)(H,21,29)(H,22,27)(H,25,26)(H,30,31). The van der Waals surface area contributed by atoms with Crippen molar-refractivity contribution in [3.63, 3.8) is 0 Å². The van der Waals surface area contributed by atoms with Crippen molar-refractivity contribution in [1.29, 1.82) is 0 Å². The molecule has 0 bridgehead atoms. The number of aliphatic hydroxyl groups excluding tert-OH is 1. The summed E-state index contributed by atoms with van der Waals surface area (Å²) in [5.74, 6) is -6.47. The topological polar surface area (TPSA) is 251 Å². The third kappa shape index (κ3) is 10.9. The monoisotopic (exact) mass is 479 g/mol. The van der Waals surface area contributed by atoms with Crippen LogP contribution in [-0.2, 0) is 28.8 Å². The van der Waals surface area contributed by atoms with Gasteiger partial charge in [0.15, 0.2) is 0 Å². The number of aliphatic hydroxyl groups is 1. The van der Waals surface area contributed by atoms with Crippen LogP contribution in [0.2, 0.25) is 0 Å². The molecule has 0 aromatic carbocycles. The Morgan fingerprint density at radius 1 is 0.875 bits per heavy atom. The van der Waals surface area contributed by atoms with Gasteiger partial charge in [-0.3, -0.25) is 24.0 Å². The van der Waals surface area contributed by atoms with E-state index in [-0.39, 0.29) is 25.0 Å². The van der Waals surface area contributed by atoms with Gasteiger partial charge in [-0.25, -0.2) is 4.79 Å². The third-order valence-electron chi connectivity index (χ3n) is 4.18. The maximum atomic E-state index is 12.5. The molecule has 182 valence electrons. The van der Waals surface area contributed by atoms with Crippen molar-refractivity contribution >= 4 is 48.2 Å². The van der Waals surface area contributed by atoms with Crippen LogP contribution < -0.4 is 27.4 Å².